The number of amides is 1. The van der Waals surface area contributed by atoms with Crippen molar-refractivity contribution in [3.8, 4) is 17.6 Å². The molecule has 2 aromatic carbocycles. The number of ether oxygens (including phenoxy) is 1. The highest BCUT2D eigenvalue weighted by Gasteiger charge is 2.12. The number of nitrogens with zero attached hydrogens (tertiary/aromatic N) is 1. The maximum absolute atomic E-state index is 12.3. The summed E-state index contributed by atoms with van der Waals surface area (Å²) in [5.74, 6) is 0.149. The maximum Gasteiger partial charge on any atom is 0.266 e. The topological polar surface area (TPSA) is 82.3 Å². The van der Waals surface area contributed by atoms with E-state index in [-0.39, 0.29) is 11.3 Å². The molecule has 0 bridgehead atoms. The van der Waals surface area contributed by atoms with Gasteiger partial charge in [-0.25, -0.2) is 0 Å². The number of hydrogen-bond acceptors (Lipinski definition) is 4. The molecule has 0 heterocycles. The van der Waals surface area contributed by atoms with Gasteiger partial charge in [0.05, 0.1) is 6.61 Å². The molecule has 6 heteroatoms. The number of phenols is 1. The first-order valence-electron chi connectivity index (χ1n) is 7.18. The lowest BCUT2D eigenvalue weighted by Gasteiger charge is -2.09. The van der Waals surface area contributed by atoms with Crippen molar-refractivity contribution < 1.29 is 14.6 Å². The number of carbonyl (C=O) groups is 1. The highest BCUT2D eigenvalue weighted by Crippen LogP contribution is 2.26. The van der Waals surface area contributed by atoms with Crippen LogP contribution in [0.15, 0.2) is 52.5 Å². The van der Waals surface area contributed by atoms with Gasteiger partial charge in [0.15, 0.2) is 0 Å². The number of anilines is 1. The Morgan fingerprint density at radius 2 is 2.04 bits per heavy atom. The van der Waals surface area contributed by atoms with Crippen LogP contribution < -0.4 is 10.1 Å². The number of benzene rings is 2. The van der Waals surface area contributed by atoms with Crippen molar-refractivity contribution in [1.29, 1.82) is 5.26 Å². The summed E-state index contributed by atoms with van der Waals surface area (Å²) in [5, 5.41) is 21.2. The minimum Gasteiger partial charge on any atom is -0.508 e. The number of nitrogens with one attached hydrogen (secondary N) is 1. The number of aromatic hydroxyl groups is 1. The van der Waals surface area contributed by atoms with Gasteiger partial charge in [0.2, 0.25) is 0 Å². The Morgan fingerprint density at radius 1 is 1.33 bits per heavy atom. The molecule has 0 aliphatic heterocycles. The van der Waals surface area contributed by atoms with Crippen molar-refractivity contribution in [1.82, 2.24) is 0 Å². The third-order valence-corrected chi connectivity index (χ3v) is 3.56. The quantitative estimate of drug-likeness (QED) is 0.460. The number of phenolic OH excluding ortho intramolecular Hbond substituents is 1. The third-order valence-electron chi connectivity index (χ3n) is 3.06. The van der Waals surface area contributed by atoms with E-state index < -0.39 is 5.91 Å². The second-order valence-electron chi connectivity index (χ2n) is 4.79. The van der Waals surface area contributed by atoms with Crippen LogP contribution in [0, 0.1) is 11.3 Å². The molecule has 2 N–H and O–H groups in total. The summed E-state index contributed by atoms with van der Waals surface area (Å²) in [6, 6.07) is 13.3. The van der Waals surface area contributed by atoms with Crippen molar-refractivity contribution >= 4 is 33.6 Å². The maximum atomic E-state index is 12.3. The second-order valence-corrected chi connectivity index (χ2v) is 5.70. The molecule has 0 radical (unpaired) electrons. The van der Waals surface area contributed by atoms with Crippen LogP contribution in [0.4, 0.5) is 5.69 Å². The third kappa shape index (κ3) is 4.61. The number of halogens is 1. The Hall–Kier alpha value is -2.78. The highest BCUT2D eigenvalue weighted by molar-refractivity contribution is 9.10. The Balaban J connectivity index is 2.28. The lowest BCUT2D eigenvalue weighted by atomic mass is 10.1. The average Bonchev–Trinajstić information content (AvgIpc) is 2.57. The lowest BCUT2D eigenvalue weighted by molar-refractivity contribution is -0.112. The minimum absolute atomic E-state index is 0.0536. The van der Waals surface area contributed by atoms with Gasteiger partial charge in [-0.3, -0.25) is 4.79 Å². The van der Waals surface area contributed by atoms with E-state index in [0.717, 1.165) is 4.47 Å². The molecule has 0 saturated carbocycles. The van der Waals surface area contributed by atoms with Crippen LogP contribution >= 0.6 is 15.9 Å². The van der Waals surface area contributed by atoms with Gasteiger partial charge in [-0.2, -0.15) is 5.26 Å². The van der Waals surface area contributed by atoms with Gasteiger partial charge < -0.3 is 15.2 Å². The molecule has 0 fully saturated rings. The molecule has 1 amide bonds. The predicted molar refractivity (Wildman–Crippen MR) is 95.6 cm³/mol. The van der Waals surface area contributed by atoms with E-state index in [2.05, 4.69) is 21.2 Å². The van der Waals surface area contributed by atoms with Crippen LogP contribution in [0.3, 0.4) is 0 Å². The zero-order valence-corrected chi connectivity index (χ0v) is 14.5. The van der Waals surface area contributed by atoms with Gasteiger partial charge in [-0.15, -0.1) is 0 Å². The molecule has 0 aliphatic rings. The molecule has 0 saturated heterocycles. The molecule has 2 aromatic rings. The zero-order chi connectivity index (χ0) is 17.5. The molecule has 2 rings (SSSR count). The first kappa shape index (κ1) is 17.6. The van der Waals surface area contributed by atoms with Crippen LogP contribution in [0.1, 0.15) is 12.5 Å². The summed E-state index contributed by atoms with van der Waals surface area (Å²) in [5.41, 5.74) is 1.06. The van der Waals surface area contributed by atoms with Crippen LogP contribution in [0.5, 0.6) is 11.5 Å². The van der Waals surface area contributed by atoms with Crippen molar-refractivity contribution in [3.63, 3.8) is 0 Å². The normalized spacial score (nSPS) is 10.8. The van der Waals surface area contributed by atoms with Crippen LogP contribution in [0.25, 0.3) is 6.08 Å². The molecular weight excluding hydrogens is 372 g/mol. The highest BCUT2D eigenvalue weighted by atomic mass is 79.9. The van der Waals surface area contributed by atoms with Crippen molar-refractivity contribution in [2.24, 2.45) is 0 Å². The molecule has 24 heavy (non-hydrogen) atoms. The molecule has 0 unspecified atom stereocenters. The predicted octanol–water partition coefficient (Wildman–Crippen LogP) is 4.10. The molecule has 0 spiro atoms. The van der Waals surface area contributed by atoms with E-state index >= 15 is 0 Å². The fourth-order valence-corrected chi connectivity index (χ4v) is 2.35. The first-order chi connectivity index (χ1) is 11.5. The fraction of sp³-hybridized carbons (Fsp3) is 0.111. The summed E-state index contributed by atoms with van der Waals surface area (Å²) in [7, 11) is 0. The Labute approximate surface area is 148 Å². The number of rotatable bonds is 5. The SMILES string of the molecule is CCOc1ccc(Br)cc1/C=C(\C#N)C(=O)Nc1ccc(O)cc1. The van der Waals surface area contributed by atoms with Gasteiger partial charge >= 0.3 is 0 Å². The van der Waals surface area contributed by atoms with Gasteiger partial charge in [0.1, 0.15) is 23.1 Å². The van der Waals surface area contributed by atoms with Gasteiger partial charge in [0, 0.05) is 15.7 Å². The monoisotopic (exact) mass is 386 g/mol. The van der Waals surface area contributed by atoms with Crippen molar-refractivity contribution in [2.45, 2.75) is 6.92 Å². The van der Waals surface area contributed by atoms with Crippen LogP contribution in [-0.4, -0.2) is 17.6 Å². The summed E-state index contributed by atoms with van der Waals surface area (Å²) in [4.78, 5) is 12.3. The second kappa shape index (κ2) is 8.18. The number of nitriles is 1. The van der Waals surface area contributed by atoms with E-state index in [0.29, 0.717) is 23.6 Å². The van der Waals surface area contributed by atoms with Crippen LogP contribution in [0.2, 0.25) is 0 Å². The zero-order valence-electron chi connectivity index (χ0n) is 12.9. The fourth-order valence-electron chi connectivity index (χ4n) is 1.97. The van der Waals surface area contributed by atoms with E-state index in [1.807, 2.05) is 19.1 Å². The standard InChI is InChI=1S/C18H15BrN2O3/c1-2-24-17-8-3-14(19)10-12(17)9-13(11-20)18(23)21-15-4-6-16(22)7-5-15/h3-10,22H,2H2,1H3,(H,21,23)/b13-9+. The van der Waals surface area contributed by atoms with Gasteiger partial charge in [0.25, 0.3) is 5.91 Å². The molecule has 0 atom stereocenters. The van der Waals surface area contributed by atoms with E-state index in [1.165, 1.54) is 18.2 Å². The van der Waals surface area contributed by atoms with Gasteiger partial charge in [-0.1, -0.05) is 15.9 Å². The summed E-state index contributed by atoms with van der Waals surface area (Å²) in [6.45, 7) is 2.34. The number of hydrogen-bond donors (Lipinski definition) is 2. The molecule has 0 aromatic heterocycles. The van der Waals surface area contributed by atoms with E-state index in [1.54, 1.807) is 24.3 Å². The van der Waals surface area contributed by atoms with Crippen molar-refractivity contribution in [2.75, 3.05) is 11.9 Å². The molecule has 0 aliphatic carbocycles. The van der Waals surface area contributed by atoms with Gasteiger partial charge in [-0.05, 0) is 55.5 Å². The minimum atomic E-state index is -0.536. The van der Waals surface area contributed by atoms with Crippen molar-refractivity contribution in [3.05, 3.63) is 58.1 Å². The molecular formula is C18H15BrN2O3. The summed E-state index contributed by atoms with van der Waals surface area (Å²) < 4.78 is 6.33. The van der Waals surface area contributed by atoms with E-state index in [9.17, 15) is 15.2 Å². The first-order valence-corrected chi connectivity index (χ1v) is 7.97. The summed E-state index contributed by atoms with van der Waals surface area (Å²) >= 11 is 3.36. The lowest BCUT2D eigenvalue weighted by Crippen LogP contribution is -2.13. The molecule has 5 nitrogen and oxygen atoms in total. The number of carbonyl (C=O) groups excluding carboxylic acids is 1. The molecule has 122 valence electrons. The summed E-state index contributed by atoms with van der Waals surface area (Å²) in [6.07, 6.45) is 1.48. The van der Waals surface area contributed by atoms with E-state index in [4.69, 9.17) is 4.74 Å². The Bertz CT molecular complexity index is 808. The average molecular weight is 387 g/mol. The smallest absolute Gasteiger partial charge is 0.266 e. The van der Waals surface area contributed by atoms with Crippen LogP contribution in [-0.2, 0) is 4.79 Å². The Kier molecular flexibility index (Phi) is 5.99. The Morgan fingerprint density at radius 3 is 2.67 bits per heavy atom. The largest absolute Gasteiger partial charge is 0.508 e.